The van der Waals surface area contributed by atoms with E-state index in [0.29, 0.717) is 24.0 Å². The number of hydrogen-bond donors (Lipinski definition) is 0. The standard InChI is InChI=1S/C18H16O/c1-2-6-12-10-16-15(9-11(12)5-1)17-13-7-3-4-8-14(13)18(16)19-17/h1-8,15-18H,9-10H2/t15-,16+,17-,18-/m0/s1. The maximum Gasteiger partial charge on any atom is 0.0872 e. The molecular weight excluding hydrogens is 232 g/mol. The highest BCUT2D eigenvalue weighted by Gasteiger charge is 2.53. The van der Waals surface area contributed by atoms with Gasteiger partial charge in [0.1, 0.15) is 0 Å². The largest absolute Gasteiger partial charge is 0.365 e. The van der Waals surface area contributed by atoms with Crippen LogP contribution in [0.5, 0.6) is 0 Å². The van der Waals surface area contributed by atoms with Crippen molar-refractivity contribution < 1.29 is 4.74 Å². The molecule has 0 N–H and O–H groups in total. The summed E-state index contributed by atoms with van der Waals surface area (Å²) in [5.74, 6) is 1.38. The summed E-state index contributed by atoms with van der Waals surface area (Å²) in [6.45, 7) is 0. The molecule has 4 atom stereocenters. The molecule has 0 unspecified atom stereocenters. The van der Waals surface area contributed by atoms with Crippen molar-refractivity contribution in [3.63, 3.8) is 0 Å². The lowest BCUT2D eigenvalue weighted by Crippen LogP contribution is -2.29. The first-order valence-corrected chi connectivity index (χ1v) is 7.23. The average molecular weight is 248 g/mol. The third kappa shape index (κ3) is 1.24. The number of ether oxygens (including phenoxy) is 1. The van der Waals surface area contributed by atoms with Gasteiger partial charge in [-0.25, -0.2) is 0 Å². The number of fused-ring (bicyclic) bond motifs is 9. The van der Waals surface area contributed by atoms with E-state index in [9.17, 15) is 0 Å². The molecule has 2 aliphatic heterocycles. The maximum atomic E-state index is 6.32. The quantitative estimate of drug-likeness (QED) is 0.688. The Morgan fingerprint density at radius 3 is 1.68 bits per heavy atom. The predicted molar refractivity (Wildman–Crippen MR) is 73.8 cm³/mol. The predicted octanol–water partition coefficient (Wildman–Crippen LogP) is 3.84. The fourth-order valence-electron chi connectivity index (χ4n) is 4.43. The van der Waals surface area contributed by atoms with E-state index in [4.69, 9.17) is 4.74 Å². The zero-order valence-corrected chi connectivity index (χ0v) is 10.8. The summed E-state index contributed by atoms with van der Waals surface area (Å²) in [4.78, 5) is 0. The monoisotopic (exact) mass is 248 g/mol. The van der Waals surface area contributed by atoms with Crippen LogP contribution in [0.4, 0.5) is 0 Å². The van der Waals surface area contributed by atoms with Crippen molar-refractivity contribution in [1.82, 2.24) is 0 Å². The summed E-state index contributed by atoms with van der Waals surface area (Å²) in [5, 5.41) is 0. The highest BCUT2D eigenvalue weighted by Crippen LogP contribution is 2.60. The minimum absolute atomic E-state index is 0.347. The number of benzene rings is 2. The van der Waals surface area contributed by atoms with Gasteiger partial charge < -0.3 is 4.74 Å². The Balaban J connectivity index is 1.62. The molecule has 2 bridgehead atoms. The van der Waals surface area contributed by atoms with Gasteiger partial charge >= 0.3 is 0 Å². The molecule has 19 heavy (non-hydrogen) atoms. The van der Waals surface area contributed by atoms with Crippen LogP contribution in [0.25, 0.3) is 0 Å². The van der Waals surface area contributed by atoms with E-state index in [2.05, 4.69) is 48.5 Å². The highest BCUT2D eigenvalue weighted by atomic mass is 16.5. The molecule has 1 aliphatic carbocycles. The second-order valence-electron chi connectivity index (χ2n) is 6.11. The topological polar surface area (TPSA) is 9.23 Å². The SMILES string of the molecule is c1ccc2c(c1)C[C@@H]1[C@H](C2)[C@H]2O[C@H]1c1ccccc12. The van der Waals surface area contributed by atoms with E-state index < -0.39 is 0 Å². The van der Waals surface area contributed by atoms with Crippen molar-refractivity contribution in [2.24, 2.45) is 11.8 Å². The minimum Gasteiger partial charge on any atom is -0.365 e. The maximum absolute atomic E-state index is 6.32. The van der Waals surface area contributed by atoms with Gasteiger partial charge in [-0.2, -0.15) is 0 Å². The van der Waals surface area contributed by atoms with E-state index in [1.165, 1.54) is 35.1 Å². The lowest BCUT2D eigenvalue weighted by atomic mass is 9.67. The molecule has 0 aromatic heterocycles. The van der Waals surface area contributed by atoms with E-state index in [1.807, 2.05) is 0 Å². The van der Waals surface area contributed by atoms with Gasteiger partial charge in [-0.05, 0) is 46.9 Å². The third-order valence-corrected chi connectivity index (χ3v) is 5.26. The van der Waals surface area contributed by atoms with Crippen molar-refractivity contribution in [2.45, 2.75) is 25.0 Å². The van der Waals surface area contributed by atoms with E-state index in [-0.39, 0.29) is 0 Å². The lowest BCUT2D eigenvalue weighted by Gasteiger charge is -2.34. The fourth-order valence-corrected chi connectivity index (χ4v) is 4.43. The van der Waals surface area contributed by atoms with Gasteiger partial charge in [0.25, 0.3) is 0 Å². The van der Waals surface area contributed by atoms with Crippen LogP contribution in [0.2, 0.25) is 0 Å². The Labute approximate surface area is 113 Å². The fraction of sp³-hybridized carbons (Fsp3) is 0.333. The van der Waals surface area contributed by atoms with Crippen LogP contribution >= 0.6 is 0 Å². The second kappa shape index (κ2) is 3.49. The van der Waals surface area contributed by atoms with Crippen molar-refractivity contribution in [3.05, 3.63) is 70.8 Å². The Morgan fingerprint density at radius 2 is 1.16 bits per heavy atom. The first-order valence-electron chi connectivity index (χ1n) is 7.23. The van der Waals surface area contributed by atoms with Crippen molar-refractivity contribution >= 4 is 0 Å². The van der Waals surface area contributed by atoms with Crippen LogP contribution in [0.15, 0.2) is 48.5 Å². The Morgan fingerprint density at radius 1 is 0.684 bits per heavy atom. The molecule has 0 spiro atoms. The van der Waals surface area contributed by atoms with Crippen molar-refractivity contribution in [3.8, 4) is 0 Å². The first-order chi connectivity index (χ1) is 9.42. The minimum atomic E-state index is 0.347. The third-order valence-electron chi connectivity index (χ3n) is 5.26. The molecule has 0 saturated carbocycles. The Kier molecular flexibility index (Phi) is 1.88. The lowest BCUT2D eigenvalue weighted by molar-refractivity contribution is 0.0546. The molecule has 2 aromatic rings. The molecule has 1 nitrogen and oxygen atoms in total. The normalized spacial score (nSPS) is 33.7. The molecule has 3 aliphatic rings. The van der Waals surface area contributed by atoms with Gasteiger partial charge in [0, 0.05) is 0 Å². The van der Waals surface area contributed by atoms with Crippen LogP contribution in [0.1, 0.15) is 34.5 Å². The van der Waals surface area contributed by atoms with E-state index in [1.54, 1.807) is 0 Å². The highest BCUT2D eigenvalue weighted by molar-refractivity contribution is 5.42. The molecule has 1 heteroatoms. The number of rotatable bonds is 0. The molecular formula is C18H16O. The molecule has 1 fully saturated rings. The van der Waals surface area contributed by atoms with Gasteiger partial charge in [-0.3, -0.25) is 0 Å². The zero-order valence-electron chi connectivity index (χ0n) is 10.8. The van der Waals surface area contributed by atoms with Gasteiger partial charge in [-0.1, -0.05) is 48.5 Å². The van der Waals surface area contributed by atoms with Crippen molar-refractivity contribution in [1.29, 1.82) is 0 Å². The van der Waals surface area contributed by atoms with Crippen LogP contribution in [0, 0.1) is 11.8 Å². The van der Waals surface area contributed by atoms with Crippen LogP contribution in [0.3, 0.4) is 0 Å². The summed E-state index contributed by atoms with van der Waals surface area (Å²) in [5.41, 5.74) is 5.98. The van der Waals surface area contributed by atoms with Gasteiger partial charge in [0.05, 0.1) is 12.2 Å². The van der Waals surface area contributed by atoms with Crippen LogP contribution in [-0.2, 0) is 17.6 Å². The van der Waals surface area contributed by atoms with Crippen LogP contribution in [-0.4, -0.2) is 0 Å². The van der Waals surface area contributed by atoms with Gasteiger partial charge in [0.2, 0.25) is 0 Å². The smallest absolute Gasteiger partial charge is 0.0872 e. The Bertz CT molecular complexity index is 604. The summed E-state index contributed by atoms with van der Waals surface area (Å²) in [6.07, 6.45) is 3.08. The van der Waals surface area contributed by atoms with E-state index in [0.717, 1.165) is 0 Å². The Hall–Kier alpha value is -1.60. The summed E-state index contributed by atoms with van der Waals surface area (Å²) >= 11 is 0. The van der Waals surface area contributed by atoms with Gasteiger partial charge in [-0.15, -0.1) is 0 Å². The number of hydrogen-bond acceptors (Lipinski definition) is 1. The average Bonchev–Trinajstić information content (AvgIpc) is 3.02. The molecule has 2 aromatic carbocycles. The molecule has 2 heterocycles. The molecule has 1 saturated heterocycles. The first kappa shape index (κ1) is 10.2. The van der Waals surface area contributed by atoms with Crippen molar-refractivity contribution in [2.75, 3.05) is 0 Å². The second-order valence-corrected chi connectivity index (χ2v) is 6.11. The van der Waals surface area contributed by atoms with Gasteiger partial charge in [0.15, 0.2) is 0 Å². The van der Waals surface area contributed by atoms with Crippen LogP contribution < -0.4 is 0 Å². The molecule has 5 rings (SSSR count). The summed E-state index contributed by atoms with van der Waals surface area (Å²) in [7, 11) is 0. The molecule has 0 amide bonds. The molecule has 0 radical (unpaired) electrons. The zero-order chi connectivity index (χ0) is 12.4. The summed E-state index contributed by atoms with van der Waals surface area (Å²) < 4.78 is 6.32. The molecule has 94 valence electrons. The summed E-state index contributed by atoms with van der Waals surface area (Å²) in [6, 6.07) is 17.7. The van der Waals surface area contributed by atoms with E-state index >= 15 is 0 Å².